The Labute approximate surface area is 105 Å². The number of carbonyl (C=O) groups excluding carboxylic acids is 1. The van der Waals surface area contributed by atoms with Crippen molar-refractivity contribution in [3.8, 4) is 0 Å². The van der Waals surface area contributed by atoms with Crippen molar-refractivity contribution in [3.63, 3.8) is 0 Å². The van der Waals surface area contributed by atoms with Crippen molar-refractivity contribution in [3.05, 3.63) is 29.6 Å². The van der Waals surface area contributed by atoms with Crippen LogP contribution in [0.5, 0.6) is 0 Å². The van der Waals surface area contributed by atoms with E-state index >= 15 is 0 Å². The Morgan fingerprint density at radius 1 is 1.16 bits per heavy atom. The number of hydrogen-bond acceptors (Lipinski definition) is 3. The molecule has 1 aliphatic heterocycles. The molecule has 1 fully saturated rings. The third-order valence-corrected chi connectivity index (χ3v) is 3.85. The monoisotopic (exact) mass is 297 g/mol. The molecule has 1 aromatic carbocycles. The first-order valence-electron chi connectivity index (χ1n) is 5.08. The molecule has 0 radical (unpaired) electrons. The normalized spacial score (nSPS) is 20.1. The Balaban J connectivity index is 2.42. The first kappa shape index (κ1) is 13.8. The molecule has 1 aliphatic rings. The fourth-order valence-corrected chi connectivity index (χ4v) is 2.54. The van der Waals surface area contributed by atoms with Gasteiger partial charge < -0.3 is 4.90 Å². The number of anilines is 1. The Bertz CT molecular complexity index is 623. The van der Waals surface area contributed by atoms with Crippen LogP contribution in [0.2, 0.25) is 0 Å². The SMILES string of the molecule is O=C1CC(S(=O)(=O)F)CN1c1c(F)cc(F)cc1F. The van der Waals surface area contributed by atoms with Crippen molar-refractivity contribution in [1.82, 2.24) is 0 Å². The highest BCUT2D eigenvalue weighted by atomic mass is 32.3. The topological polar surface area (TPSA) is 54.5 Å². The van der Waals surface area contributed by atoms with Gasteiger partial charge in [0.15, 0.2) is 11.6 Å². The van der Waals surface area contributed by atoms with Crippen LogP contribution >= 0.6 is 0 Å². The first-order chi connectivity index (χ1) is 8.70. The third-order valence-electron chi connectivity index (χ3n) is 2.74. The summed E-state index contributed by atoms with van der Waals surface area (Å²) in [6, 6.07) is 0.700. The highest BCUT2D eigenvalue weighted by molar-refractivity contribution is 7.87. The lowest BCUT2D eigenvalue weighted by Gasteiger charge is -2.17. The van der Waals surface area contributed by atoms with Crippen molar-refractivity contribution in [2.45, 2.75) is 11.7 Å². The molecule has 104 valence electrons. The van der Waals surface area contributed by atoms with Gasteiger partial charge in [-0.25, -0.2) is 13.2 Å². The molecule has 19 heavy (non-hydrogen) atoms. The minimum atomic E-state index is -4.99. The van der Waals surface area contributed by atoms with E-state index in [1.807, 2.05) is 0 Å². The quantitative estimate of drug-likeness (QED) is 0.614. The molecule has 0 N–H and O–H groups in total. The fraction of sp³-hybridized carbons (Fsp3) is 0.300. The van der Waals surface area contributed by atoms with Gasteiger partial charge in [-0.2, -0.15) is 8.42 Å². The van der Waals surface area contributed by atoms with Crippen LogP contribution in [0.1, 0.15) is 6.42 Å². The molecule has 1 unspecified atom stereocenters. The van der Waals surface area contributed by atoms with E-state index in [2.05, 4.69) is 0 Å². The van der Waals surface area contributed by atoms with Gasteiger partial charge in [0.05, 0.1) is 0 Å². The zero-order valence-corrected chi connectivity index (χ0v) is 10.1. The van der Waals surface area contributed by atoms with E-state index in [0.29, 0.717) is 17.0 Å². The van der Waals surface area contributed by atoms with Gasteiger partial charge in [0, 0.05) is 25.1 Å². The lowest BCUT2D eigenvalue weighted by atomic mass is 10.2. The van der Waals surface area contributed by atoms with Crippen LogP contribution in [0.15, 0.2) is 12.1 Å². The summed E-state index contributed by atoms with van der Waals surface area (Å²) < 4.78 is 73.7. The number of nitrogens with zero attached hydrogens (tertiary/aromatic N) is 1. The average molecular weight is 297 g/mol. The smallest absolute Gasteiger partial charge is 0.306 e. The van der Waals surface area contributed by atoms with Gasteiger partial charge in [0.2, 0.25) is 5.91 Å². The molecule has 2 rings (SSSR count). The summed E-state index contributed by atoms with van der Waals surface area (Å²) in [4.78, 5) is 12.0. The molecule has 4 nitrogen and oxygen atoms in total. The molecular weight excluding hydrogens is 290 g/mol. The van der Waals surface area contributed by atoms with Crippen LogP contribution in [0.25, 0.3) is 0 Å². The van der Waals surface area contributed by atoms with Gasteiger partial charge in [-0.15, -0.1) is 3.89 Å². The van der Waals surface area contributed by atoms with Crippen LogP contribution in [0, 0.1) is 17.5 Å². The van der Waals surface area contributed by atoms with Gasteiger partial charge in [-0.1, -0.05) is 0 Å². The maximum Gasteiger partial charge on any atom is 0.307 e. The second-order valence-corrected chi connectivity index (χ2v) is 5.64. The van der Waals surface area contributed by atoms with E-state index in [-0.39, 0.29) is 0 Å². The number of carbonyl (C=O) groups is 1. The summed E-state index contributed by atoms with van der Waals surface area (Å²) in [5.74, 6) is -4.85. The molecule has 1 heterocycles. The molecule has 9 heteroatoms. The summed E-state index contributed by atoms with van der Waals surface area (Å²) in [6.45, 7) is -0.711. The molecule has 0 bridgehead atoms. The van der Waals surface area contributed by atoms with Crippen LogP contribution in [0.4, 0.5) is 22.7 Å². The van der Waals surface area contributed by atoms with Gasteiger partial charge in [0.1, 0.15) is 16.8 Å². The predicted octanol–water partition coefficient (Wildman–Crippen LogP) is 1.51. The van der Waals surface area contributed by atoms with Gasteiger partial charge in [-0.3, -0.25) is 4.79 Å². The molecule has 0 saturated carbocycles. The Hall–Kier alpha value is -1.64. The van der Waals surface area contributed by atoms with Crippen LogP contribution in [-0.4, -0.2) is 26.1 Å². The number of hydrogen-bond donors (Lipinski definition) is 0. The fourth-order valence-electron chi connectivity index (χ4n) is 1.87. The van der Waals surface area contributed by atoms with E-state index in [1.54, 1.807) is 0 Å². The molecule has 0 aromatic heterocycles. The Kier molecular flexibility index (Phi) is 3.25. The maximum absolute atomic E-state index is 13.4. The zero-order valence-electron chi connectivity index (χ0n) is 9.24. The largest absolute Gasteiger partial charge is 0.307 e. The molecule has 1 atom stereocenters. The lowest BCUT2D eigenvalue weighted by molar-refractivity contribution is -0.117. The molecule has 0 spiro atoms. The van der Waals surface area contributed by atoms with Gasteiger partial charge >= 0.3 is 10.2 Å². The number of benzene rings is 1. The third kappa shape index (κ3) is 2.55. The van der Waals surface area contributed by atoms with E-state index in [4.69, 9.17) is 0 Å². The van der Waals surface area contributed by atoms with E-state index in [9.17, 15) is 30.3 Å². The van der Waals surface area contributed by atoms with E-state index in [0.717, 1.165) is 0 Å². The van der Waals surface area contributed by atoms with Crippen molar-refractivity contribution >= 4 is 21.8 Å². The summed E-state index contributed by atoms with van der Waals surface area (Å²) in [5.41, 5.74) is -0.877. The molecule has 1 aromatic rings. The van der Waals surface area contributed by atoms with Crippen LogP contribution in [-0.2, 0) is 15.0 Å². The molecule has 1 amide bonds. The van der Waals surface area contributed by atoms with Crippen LogP contribution < -0.4 is 4.90 Å². The Morgan fingerprint density at radius 2 is 1.68 bits per heavy atom. The minimum Gasteiger partial charge on any atom is -0.306 e. The van der Waals surface area contributed by atoms with Crippen molar-refractivity contribution in [2.24, 2.45) is 0 Å². The number of halogens is 4. The summed E-state index contributed by atoms with van der Waals surface area (Å²) in [7, 11) is -4.99. The lowest BCUT2D eigenvalue weighted by Crippen LogP contribution is -2.28. The molecule has 0 aliphatic carbocycles. The minimum absolute atomic E-state index is 0.350. The van der Waals surface area contributed by atoms with Crippen molar-refractivity contribution < 1.29 is 30.3 Å². The predicted molar refractivity (Wildman–Crippen MR) is 57.1 cm³/mol. The van der Waals surface area contributed by atoms with Gasteiger partial charge in [0.25, 0.3) is 0 Å². The van der Waals surface area contributed by atoms with Crippen molar-refractivity contribution in [1.29, 1.82) is 0 Å². The maximum atomic E-state index is 13.4. The van der Waals surface area contributed by atoms with Gasteiger partial charge in [-0.05, 0) is 0 Å². The zero-order chi connectivity index (χ0) is 14.4. The average Bonchev–Trinajstić information content (AvgIpc) is 2.59. The standard InChI is InChI=1S/C10H7F4NO3S/c11-5-1-7(12)10(8(13)2-5)15-4-6(3-9(15)16)19(14,17)18/h1-2,6H,3-4H2. The number of rotatable bonds is 2. The summed E-state index contributed by atoms with van der Waals surface area (Å²) in [5, 5.41) is -1.68. The molecular formula is C10H7F4NO3S. The summed E-state index contributed by atoms with van der Waals surface area (Å²) >= 11 is 0. The van der Waals surface area contributed by atoms with Crippen molar-refractivity contribution in [2.75, 3.05) is 11.4 Å². The second-order valence-electron chi connectivity index (χ2n) is 4.02. The second kappa shape index (κ2) is 4.48. The highest BCUT2D eigenvalue weighted by Gasteiger charge is 2.41. The first-order valence-corrected chi connectivity index (χ1v) is 6.53. The molecule has 1 saturated heterocycles. The van der Waals surface area contributed by atoms with E-state index in [1.165, 1.54) is 0 Å². The van der Waals surface area contributed by atoms with Crippen LogP contribution in [0.3, 0.4) is 0 Å². The van der Waals surface area contributed by atoms with E-state index < -0.39 is 57.5 Å². The Morgan fingerprint density at radius 3 is 2.11 bits per heavy atom. The highest BCUT2D eigenvalue weighted by Crippen LogP contribution is 2.30. The number of amides is 1. The summed E-state index contributed by atoms with van der Waals surface area (Å²) in [6.07, 6.45) is -0.713.